The predicted molar refractivity (Wildman–Crippen MR) is 142 cm³/mol. The van der Waals surface area contributed by atoms with E-state index in [4.69, 9.17) is 32.7 Å². The highest BCUT2D eigenvalue weighted by Gasteiger charge is 2.35. The number of methoxy groups -OCH3 is 1. The number of amides is 3. The summed E-state index contributed by atoms with van der Waals surface area (Å²) < 4.78 is 10.7. The molecule has 0 bridgehead atoms. The Hall–Kier alpha value is -3.75. The summed E-state index contributed by atoms with van der Waals surface area (Å²) in [5, 5.41) is 6.14. The molecule has 8 nitrogen and oxygen atoms in total. The number of anilines is 2. The Kier molecular flexibility index (Phi) is 8.53. The monoisotopic (exact) mass is 541 g/mol. The summed E-state index contributed by atoms with van der Waals surface area (Å²) in [5.41, 5.74) is 1.99. The van der Waals surface area contributed by atoms with E-state index >= 15 is 0 Å². The van der Waals surface area contributed by atoms with Crippen LogP contribution in [0.4, 0.5) is 11.4 Å². The average Bonchev–Trinajstić information content (AvgIpc) is 3.31. The van der Waals surface area contributed by atoms with Gasteiger partial charge in [-0.15, -0.1) is 0 Å². The predicted octanol–water partition coefficient (Wildman–Crippen LogP) is 4.69. The number of halogens is 2. The summed E-state index contributed by atoms with van der Waals surface area (Å²) >= 11 is 12.0. The lowest BCUT2D eigenvalue weighted by atomic mass is 10.1. The van der Waals surface area contributed by atoms with Crippen LogP contribution in [0.2, 0.25) is 10.0 Å². The molecule has 2 N–H and O–H groups in total. The van der Waals surface area contributed by atoms with Gasteiger partial charge in [0.1, 0.15) is 11.5 Å². The lowest BCUT2D eigenvalue weighted by Gasteiger charge is -2.17. The van der Waals surface area contributed by atoms with Gasteiger partial charge < -0.3 is 25.0 Å². The average molecular weight is 542 g/mol. The van der Waals surface area contributed by atoms with Crippen LogP contribution in [0.5, 0.6) is 11.5 Å². The van der Waals surface area contributed by atoms with Crippen molar-refractivity contribution in [3.63, 3.8) is 0 Å². The molecule has 0 aromatic heterocycles. The van der Waals surface area contributed by atoms with Crippen molar-refractivity contribution in [3.05, 3.63) is 82.3 Å². The first-order chi connectivity index (χ1) is 17.8. The van der Waals surface area contributed by atoms with Crippen LogP contribution in [0, 0.1) is 5.92 Å². The van der Waals surface area contributed by atoms with Crippen molar-refractivity contribution in [3.8, 4) is 11.5 Å². The van der Waals surface area contributed by atoms with E-state index in [0.29, 0.717) is 28.7 Å². The molecule has 0 unspecified atom stereocenters. The maximum atomic E-state index is 12.6. The van der Waals surface area contributed by atoms with Gasteiger partial charge in [-0.3, -0.25) is 14.4 Å². The van der Waals surface area contributed by atoms with Crippen LogP contribution in [0.25, 0.3) is 0 Å². The minimum absolute atomic E-state index is 0.129. The fraction of sp³-hybridized carbons (Fsp3) is 0.222. The van der Waals surface area contributed by atoms with Crippen LogP contribution in [0.15, 0.2) is 66.7 Å². The molecule has 0 spiro atoms. The molecule has 1 aliphatic rings. The normalized spacial score (nSPS) is 14.8. The smallest absolute Gasteiger partial charge is 0.262 e. The Labute approximate surface area is 224 Å². The van der Waals surface area contributed by atoms with E-state index in [-0.39, 0.29) is 36.4 Å². The van der Waals surface area contributed by atoms with Crippen molar-refractivity contribution < 1.29 is 23.9 Å². The molecule has 1 heterocycles. The van der Waals surface area contributed by atoms with Gasteiger partial charge in [-0.2, -0.15) is 0 Å². The van der Waals surface area contributed by atoms with E-state index in [2.05, 4.69) is 10.6 Å². The van der Waals surface area contributed by atoms with Crippen LogP contribution >= 0.6 is 23.2 Å². The second kappa shape index (κ2) is 12.0. The maximum Gasteiger partial charge on any atom is 0.262 e. The van der Waals surface area contributed by atoms with Crippen molar-refractivity contribution in [2.45, 2.75) is 13.0 Å². The summed E-state index contributed by atoms with van der Waals surface area (Å²) in [5.74, 6) is 0.0643. The molecular weight excluding hydrogens is 517 g/mol. The number of hydrogen-bond acceptors (Lipinski definition) is 5. The molecule has 3 amide bonds. The molecule has 0 radical (unpaired) electrons. The van der Waals surface area contributed by atoms with E-state index in [0.717, 1.165) is 11.3 Å². The van der Waals surface area contributed by atoms with Crippen molar-refractivity contribution >= 4 is 52.3 Å². The molecule has 192 valence electrons. The Morgan fingerprint density at radius 1 is 1.00 bits per heavy atom. The summed E-state index contributed by atoms with van der Waals surface area (Å²) in [6.07, 6.45) is 0.138. The Balaban J connectivity index is 1.26. The third-order valence-corrected chi connectivity index (χ3v) is 6.68. The van der Waals surface area contributed by atoms with Crippen LogP contribution in [-0.4, -0.2) is 38.0 Å². The SMILES string of the molecule is COc1ccc(CNC(=O)[C@@H]2CC(=O)N(c3ccc(OCC(=O)Nc4cccc(Cl)c4Cl)cc3)C2)cc1. The van der Waals surface area contributed by atoms with Crippen molar-refractivity contribution in [2.75, 3.05) is 30.5 Å². The van der Waals surface area contributed by atoms with Crippen LogP contribution < -0.4 is 25.0 Å². The Morgan fingerprint density at radius 2 is 1.70 bits per heavy atom. The number of nitrogens with zero attached hydrogens (tertiary/aromatic N) is 1. The molecule has 3 aromatic rings. The van der Waals surface area contributed by atoms with Gasteiger partial charge in [-0.25, -0.2) is 0 Å². The number of rotatable bonds is 9. The molecule has 4 rings (SSSR count). The summed E-state index contributed by atoms with van der Waals surface area (Å²) in [6, 6.07) is 19.1. The minimum atomic E-state index is -0.441. The van der Waals surface area contributed by atoms with E-state index in [1.54, 1.807) is 54.5 Å². The summed E-state index contributed by atoms with van der Waals surface area (Å²) in [6.45, 7) is 0.425. The Bertz CT molecular complexity index is 1280. The third kappa shape index (κ3) is 6.72. The number of benzene rings is 3. The molecule has 37 heavy (non-hydrogen) atoms. The molecule has 10 heteroatoms. The first kappa shape index (κ1) is 26.3. The Morgan fingerprint density at radius 3 is 2.41 bits per heavy atom. The van der Waals surface area contributed by atoms with Gasteiger partial charge in [0.05, 0.1) is 28.8 Å². The molecular formula is C27H25Cl2N3O5. The van der Waals surface area contributed by atoms with Crippen LogP contribution in [0.1, 0.15) is 12.0 Å². The molecule has 3 aromatic carbocycles. The highest BCUT2D eigenvalue weighted by molar-refractivity contribution is 6.44. The molecule has 1 saturated heterocycles. The molecule has 0 aliphatic carbocycles. The number of ether oxygens (including phenoxy) is 2. The summed E-state index contributed by atoms with van der Waals surface area (Å²) in [4.78, 5) is 39.0. The zero-order valence-corrected chi connectivity index (χ0v) is 21.5. The maximum absolute atomic E-state index is 12.6. The standard InChI is InChI=1S/C27H25Cl2N3O5/c1-36-20-9-5-17(6-10-20)14-30-27(35)18-13-25(34)32(15-18)19-7-11-21(12-8-19)37-16-24(33)31-23-4-2-3-22(28)26(23)29/h2-12,18H,13-16H2,1H3,(H,30,35)(H,31,33)/t18-/m1/s1. The first-order valence-corrected chi connectivity index (χ1v) is 12.3. The van der Waals surface area contributed by atoms with Crippen LogP contribution in [0.3, 0.4) is 0 Å². The zero-order chi connectivity index (χ0) is 26.4. The number of carbonyl (C=O) groups excluding carboxylic acids is 3. The largest absolute Gasteiger partial charge is 0.497 e. The van der Waals surface area contributed by atoms with Gasteiger partial charge in [-0.1, -0.05) is 41.4 Å². The zero-order valence-electron chi connectivity index (χ0n) is 20.0. The van der Waals surface area contributed by atoms with Gasteiger partial charge >= 0.3 is 0 Å². The van der Waals surface area contributed by atoms with Gasteiger partial charge in [0, 0.05) is 25.2 Å². The minimum Gasteiger partial charge on any atom is -0.497 e. The van der Waals surface area contributed by atoms with E-state index in [1.807, 2.05) is 24.3 Å². The second-order valence-electron chi connectivity index (χ2n) is 8.40. The van der Waals surface area contributed by atoms with Gasteiger partial charge in [0.2, 0.25) is 11.8 Å². The summed E-state index contributed by atoms with van der Waals surface area (Å²) in [7, 11) is 1.60. The lowest BCUT2D eigenvalue weighted by molar-refractivity contribution is -0.126. The third-order valence-electron chi connectivity index (χ3n) is 5.87. The van der Waals surface area contributed by atoms with E-state index in [1.165, 1.54) is 0 Å². The number of hydrogen-bond donors (Lipinski definition) is 2. The second-order valence-corrected chi connectivity index (χ2v) is 9.19. The molecule has 0 saturated carbocycles. The topological polar surface area (TPSA) is 97.0 Å². The quantitative estimate of drug-likeness (QED) is 0.409. The highest BCUT2D eigenvalue weighted by Crippen LogP contribution is 2.30. The fourth-order valence-corrected chi connectivity index (χ4v) is 4.22. The van der Waals surface area contributed by atoms with Crippen LogP contribution in [-0.2, 0) is 20.9 Å². The van der Waals surface area contributed by atoms with E-state index in [9.17, 15) is 14.4 Å². The number of carbonyl (C=O) groups is 3. The first-order valence-electron chi connectivity index (χ1n) is 11.5. The van der Waals surface area contributed by atoms with Gasteiger partial charge in [0.15, 0.2) is 6.61 Å². The molecule has 1 atom stereocenters. The van der Waals surface area contributed by atoms with Crippen molar-refractivity contribution in [1.29, 1.82) is 0 Å². The van der Waals surface area contributed by atoms with E-state index < -0.39 is 11.8 Å². The number of nitrogens with one attached hydrogen (secondary N) is 2. The lowest BCUT2D eigenvalue weighted by Crippen LogP contribution is -2.32. The van der Waals surface area contributed by atoms with Crippen molar-refractivity contribution in [2.24, 2.45) is 5.92 Å². The molecule has 1 fully saturated rings. The highest BCUT2D eigenvalue weighted by atomic mass is 35.5. The van der Waals surface area contributed by atoms with Crippen molar-refractivity contribution in [1.82, 2.24) is 5.32 Å². The van der Waals surface area contributed by atoms with Gasteiger partial charge in [0.25, 0.3) is 5.91 Å². The molecule has 1 aliphatic heterocycles. The van der Waals surface area contributed by atoms with Gasteiger partial charge in [-0.05, 0) is 54.1 Å². The fourth-order valence-electron chi connectivity index (χ4n) is 3.87.